The summed E-state index contributed by atoms with van der Waals surface area (Å²) in [6.07, 6.45) is 3.07. The lowest BCUT2D eigenvalue weighted by Gasteiger charge is -2.34. The van der Waals surface area contributed by atoms with E-state index in [1.807, 2.05) is 49.1 Å². The fraction of sp³-hybridized carbons (Fsp3) is 0.474. The molecule has 252 valence electrons. The molecule has 5 rings (SSSR count). The Bertz CT molecular complexity index is 1510. The van der Waals surface area contributed by atoms with Gasteiger partial charge in [0.1, 0.15) is 5.82 Å². The summed E-state index contributed by atoms with van der Waals surface area (Å²) in [5, 5.41) is 3.53. The normalized spacial score (nSPS) is 17.5. The van der Waals surface area contributed by atoms with E-state index in [0.717, 1.165) is 49.0 Å². The minimum atomic E-state index is -0.280. The predicted molar refractivity (Wildman–Crippen MR) is 181 cm³/mol. The molecule has 2 fully saturated rings. The number of nitrogens with one attached hydrogen (secondary N) is 1. The second kappa shape index (κ2) is 16.2. The highest BCUT2D eigenvalue weighted by molar-refractivity contribution is 5.95. The average Bonchev–Trinajstić information content (AvgIpc) is 3.82. The van der Waals surface area contributed by atoms with Crippen molar-refractivity contribution in [3.63, 3.8) is 0 Å². The highest BCUT2D eigenvalue weighted by atomic mass is 19.1. The fourth-order valence-corrected chi connectivity index (χ4v) is 6.37. The first-order valence-electron chi connectivity index (χ1n) is 16.7. The first-order valence-corrected chi connectivity index (χ1v) is 16.7. The third-order valence-corrected chi connectivity index (χ3v) is 9.14. The predicted octanol–water partition coefficient (Wildman–Crippen LogP) is 5.84. The quantitative estimate of drug-likeness (QED) is 0.197. The highest BCUT2D eigenvalue weighted by Gasteiger charge is 2.38. The molecule has 0 bridgehead atoms. The van der Waals surface area contributed by atoms with E-state index in [1.165, 1.54) is 12.1 Å². The van der Waals surface area contributed by atoms with Gasteiger partial charge in [-0.05, 0) is 85.5 Å². The molecule has 1 aliphatic carbocycles. The molecular weight excluding hydrogens is 597 g/mol. The van der Waals surface area contributed by atoms with Crippen LogP contribution in [-0.4, -0.2) is 87.3 Å². The van der Waals surface area contributed by atoms with Crippen molar-refractivity contribution in [3.8, 4) is 22.6 Å². The number of amides is 2. The number of methoxy groups -OCH3 is 2. The van der Waals surface area contributed by atoms with E-state index in [9.17, 15) is 14.0 Å². The Balaban J connectivity index is 1.25. The van der Waals surface area contributed by atoms with Crippen LogP contribution in [0.25, 0.3) is 11.1 Å². The molecule has 1 saturated carbocycles. The van der Waals surface area contributed by atoms with Gasteiger partial charge in [-0.2, -0.15) is 0 Å². The highest BCUT2D eigenvalue weighted by Crippen LogP contribution is 2.32. The Morgan fingerprint density at radius 3 is 2.30 bits per heavy atom. The molecule has 8 nitrogen and oxygen atoms in total. The molecule has 2 atom stereocenters. The number of carbonyl (C=O) groups excluding carboxylic acids is 2. The number of hydrogen-bond acceptors (Lipinski definition) is 6. The number of rotatable bonds is 16. The average molecular weight is 646 g/mol. The summed E-state index contributed by atoms with van der Waals surface area (Å²) < 4.78 is 30.4. The van der Waals surface area contributed by atoms with Crippen LogP contribution >= 0.6 is 0 Å². The molecule has 0 radical (unpaired) electrons. The van der Waals surface area contributed by atoms with Crippen molar-refractivity contribution in [2.24, 2.45) is 11.8 Å². The van der Waals surface area contributed by atoms with Gasteiger partial charge in [0, 0.05) is 64.0 Å². The molecule has 9 heteroatoms. The van der Waals surface area contributed by atoms with Crippen LogP contribution in [0.15, 0.2) is 66.7 Å². The number of ether oxygens (including phenoxy) is 3. The van der Waals surface area contributed by atoms with Crippen molar-refractivity contribution < 1.29 is 28.2 Å². The Morgan fingerprint density at radius 1 is 0.894 bits per heavy atom. The second-order valence-electron chi connectivity index (χ2n) is 13.0. The van der Waals surface area contributed by atoms with Crippen LogP contribution in [0.4, 0.5) is 4.39 Å². The van der Waals surface area contributed by atoms with Gasteiger partial charge in [-0.15, -0.1) is 0 Å². The van der Waals surface area contributed by atoms with Gasteiger partial charge in [-0.1, -0.05) is 36.4 Å². The van der Waals surface area contributed by atoms with E-state index >= 15 is 0 Å². The number of hydrogen-bond donors (Lipinski definition) is 1. The van der Waals surface area contributed by atoms with Crippen LogP contribution < -0.4 is 14.8 Å². The summed E-state index contributed by atoms with van der Waals surface area (Å²) in [5.41, 5.74) is 3.16. The summed E-state index contributed by atoms with van der Waals surface area (Å²) in [5.74, 6) is 1.33. The van der Waals surface area contributed by atoms with Crippen molar-refractivity contribution in [2.45, 2.75) is 51.6 Å². The van der Waals surface area contributed by atoms with Crippen molar-refractivity contribution in [1.82, 2.24) is 15.1 Å². The van der Waals surface area contributed by atoms with Crippen LogP contribution in [-0.2, 0) is 16.0 Å². The monoisotopic (exact) mass is 645 g/mol. The van der Waals surface area contributed by atoms with E-state index < -0.39 is 0 Å². The topological polar surface area (TPSA) is 80.3 Å². The molecule has 47 heavy (non-hydrogen) atoms. The zero-order valence-electron chi connectivity index (χ0n) is 28.0. The molecule has 2 aliphatic rings. The van der Waals surface area contributed by atoms with Gasteiger partial charge in [0.25, 0.3) is 5.91 Å². The third-order valence-electron chi connectivity index (χ3n) is 9.14. The van der Waals surface area contributed by atoms with E-state index in [0.29, 0.717) is 49.8 Å². The Morgan fingerprint density at radius 2 is 1.62 bits per heavy atom. The second-order valence-corrected chi connectivity index (χ2v) is 13.0. The number of carbonyl (C=O) groups is 2. The van der Waals surface area contributed by atoms with Crippen molar-refractivity contribution >= 4 is 11.8 Å². The first-order chi connectivity index (χ1) is 22.8. The summed E-state index contributed by atoms with van der Waals surface area (Å²) in [6.45, 7) is 7.97. The van der Waals surface area contributed by atoms with Crippen molar-refractivity contribution in [3.05, 3.63) is 83.7 Å². The lowest BCUT2D eigenvalue weighted by Crippen LogP contribution is -2.45. The summed E-state index contributed by atoms with van der Waals surface area (Å²) in [7, 11) is 3.25. The van der Waals surface area contributed by atoms with Gasteiger partial charge < -0.3 is 29.3 Å². The van der Waals surface area contributed by atoms with Crippen LogP contribution in [0.3, 0.4) is 0 Å². The molecule has 3 aromatic rings. The fourth-order valence-electron chi connectivity index (χ4n) is 6.37. The minimum absolute atomic E-state index is 0.0107. The molecule has 1 saturated heterocycles. The molecule has 2 amide bonds. The van der Waals surface area contributed by atoms with E-state index in [4.69, 9.17) is 14.2 Å². The third kappa shape index (κ3) is 9.11. The van der Waals surface area contributed by atoms with E-state index in [2.05, 4.69) is 10.2 Å². The molecule has 0 aromatic heterocycles. The molecule has 3 aromatic carbocycles. The maximum Gasteiger partial charge on any atom is 0.254 e. The molecule has 1 heterocycles. The Kier molecular flexibility index (Phi) is 11.9. The summed E-state index contributed by atoms with van der Waals surface area (Å²) in [4.78, 5) is 31.7. The zero-order valence-corrected chi connectivity index (χ0v) is 28.0. The summed E-state index contributed by atoms with van der Waals surface area (Å²) in [6, 6.07) is 19.9. The molecule has 1 aliphatic heterocycles. The lowest BCUT2D eigenvalue weighted by atomic mass is 9.93. The van der Waals surface area contributed by atoms with Crippen molar-refractivity contribution in [2.75, 3.05) is 53.6 Å². The van der Waals surface area contributed by atoms with Crippen molar-refractivity contribution in [1.29, 1.82) is 0 Å². The maximum atomic E-state index is 13.9. The molecule has 0 spiro atoms. The van der Waals surface area contributed by atoms with Crippen LogP contribution in [0.1, 0.15) is 49.0 Å². The van der Waals surface area contributed by atoms with Crippen LogP contribution in [0.5, 0.6) is 11.5 Å². The van der Waals surface area contributed by atoms with Gasteiger partial charge in [0.05, 0.1) is 20.1 Å². The van der Waals surface area contributed by atoms with E-state index in [1.54, 1.807) is 38.5 Å². The van der Waals surface area contributed by atoms with E-state index in [-0.39, 0.29) is 41.6 Å². The van der Waals surface area contributed by atoms with Gasteiger partial charge in [-0.3, -0.25) is 9.59 Å². The smallest absolute Gasteiger partial charge is 0.254 e. The van der Waals surface area contributed by atoms with Gasteiger partial charge in [-0.25, -0.2) is 4.39 Å². The largest absolute Gasteiger partial charge is 0.493 e. The molecular formula is C38H48FN3O5. The lowest BCUT2D eigenvalue weighted by molar-refractivity contribution is -0.131. The minimum Gasteiger partial charge on any atom is -0.493 e. The number of nitrogens with zero attached hydrogens (tertiary/aromatic N) is 2. The van der Waals surface area contributed by atoms with Crippen LogP contribution in [0, 0.1) is 17.7 Å². The van der Waals surface area contributed by atoms with Crippen LogP contribution in [0.2, 0.25) is 0 Å². The number of benzene rings is 3. The first kappa shape index (κ1) is 34.4. The SMILES string of the molecule is COCCCOc1cc(C(=O)N(C[C@@H]2CNCC2CN(C(=O)Cc2cccc(-c3cccc(F)c3)c2)C2CC2)C(C)C)ccc1OC. The Hall–Kier alpha value is -3.95. The summed E-state index contributed by atoms with van der Waals surface area (Å²) >= 11 is 0. The molecule has 1 N–H and O–H groups in total. The molecule has 1 unspecified atom stereocenters. The van der Waals surface area contributed by atoms with Gasteiger partial charge >= 0.3 is 0 Å². The maximum absolute atomic E-state index is 13.9. The number of halogens is 1. The zero-order chi connectivity index (χ0) is 33.3. The standard InChI is InChI=1S/C38H48FN3O5/c1-26(2)41(38(44)30-12-15-35(46-4)36(21-30)47-17-7-16-45-3)24-31-22-40-23-32(31)25-42(34-13-14-34)37(43)19-27-8-5-9-28(18-27)29-10-6-11-33(39)20-29/h5-6,8-12,15,18,20-21,26,31-32,34,40H,7,13-14,16-17,19,22-25H2,1-4H3/t31-,32?/m0/s1. The van der Waals surface area contributed by atoms with Gasteiger partial charge in [0.15, 0.2) is 11.5 Å². The Labute approximate surface area is 278 Å². The van der Waals surface area contributed by atoms with Gasteiger partial charge in [0.2, 0.25) is 5.91 Å².